The highest BCUT2D eigenvalue weighted by molar-refractivity contribution is 5.26. The zero-order valence-corrected chi connectivity index (χ0v) is 9.17. The number of rotatable bonds is 5. The molecule has 0 aliphatic carbocycles. The number of unbranched alkanes of at least 4 members (excludes halogenated alkanes) is 1. The third-order valence-corrected chi connectivity index (χ3v) is 2.52. The summed E-state index contributed by atoms with van der Waals surface area (Å²) in [5.74, 6) is -0.208. The molecule has 0 aromatic heterocycles. The van der Waals surface area contributed by atoms with E-state index in [1.54, 1.807) is 6.07 Å². The summed E-state index contributed by atoms with van der Waals surface area (Å²) < 4.78 is 13.4. The molecular formula is C12H19FN2. The van der Waals surface area contributed by atoms with Crippen LogP contribution >= 0.6 is 0 Å². The van der Waals surface area contributed by atoms with Crippen molar-refractivity contribution >= 4 is 0 Å². The number of halogens is 1. The maximum absolute atomic E-state index is 13.4. The highest BCUT2D eigenvalue weighted by Crippen LogP contribution is 2.20. The summed E-state index contributed by atoms with van der Waals surface area (Å²) in [6.07, 6.45) is 2.68. The fourth-order valence-electron chi connectivity index (χ4n) is 1.61. The predicted octanol–water partition coefficient (Wildman–Crippen LogP) is 2.26. The molecule has 0 heterocycles. The minimum atomic E-state index is -0.212. The first kappa shape index (κ1) is 12.1. The third kappa shape index (κ3) is 3.61. The lowest BCUT2D eigenvalue weighted by Gasteiger charge is -2.13. The predicted molar refractivity (Wildman–Crippen MR) is 61.0 cm³/mol. The zero-order valence-electron chi connectivity index (χ0n) is 9.17. The first-order valence-corrected chi connectivity index (χ1v) is 5.37. The zero-order chi connectivity index (χ0) is 11.3. The minimum absolute atomic E-state index is 0.208. The summed E-state index contributed by atoms with van der Waals surface area (Å²) in [7, 11) is 0. The number of aryl methyl sites for hydroxylation is 1. The number of hydrogen-bond acceptors (Lipinski definition) is 2. The second-order valence-electron chi connectivity index (χ2n) is 3.92. The summed E-state index contributed by atoms with van der Waals surface area (Å²) in [5.41, 5.74) is 13.0. The Balaban J connectivity index is 2.64. The Morgan fingerprint density at radius 3 is 2.73 bits per heavy atom. The van der Waals surface area contributed by atoms with Crippen molar-refractivity contribution in [3.05, 3.63) is 35.1 Å². The molecule has 0 bridgehead atoms. The van der Waals surface area contributed by atoms with Gasteiger partial charge in [-0.15, -0.1) is 0 Å². The van der Waals surface area contributed by atoms with Crippen molar-refractivity contribution in [3.8, 4) is 0 Å². The maximum Gasteiger partial charge on any atom is 0.127 e. The van der Waals surface area contributed by atoms with Gasteiger partial charge in [-0.05, 0) is 32.4 Å². The van der Waals surface area contributed by atoms with Crippen LogP contribution in [0.3, 0.4) is 0 Å². The molecular weight excluding hydrogens is 191 g/mol. The molecule has 0 saturated carbocycles. The van der Waals surface area contributed by atoms with Gasteiger partial charge in [0.2, 0.25) is 0 Å². The van der Waals surface area contributed by atoms with E-state index in [-0.39, 0.29) is 11.9 Å². The van der Waals surface area contributed by atoms with Gasteiger partial charge in [-0.3, -0.25) is 0 Å². The fourth-order valence-corrected chi connectivity index (χ4v) is 1.61. The van der Waals surface area contributed by atoms with E-state index in [2.05, 4.69) is 0 Å². The monoisotopic (exact) mass is 210 g/mol. The van der Waals surface area contributed by atoms with E-state index in [0.29, 0.717) is 12.1 Å². The highest BCUT2D eigenvalue weighted by Gasteiger charge is 2.10. The van der Waals surface area contributed by atoms with E-state index in [0.717, 1.165) is 24.8 Å². The Hall–Kier alpha value is -0.930. The van der Waals surface area contributed by atoms with Gasteiger partial charge < -0.3 is 11.5 Å². The van der Waals surface area contributed by atoms with Crippen LogP contribution in [0.1, 0.15) is 36.4 Å². The normalized spacial score (nSPS) is 12.8. The molecule has 1 aromatic carbocycles. The van der Waals surface area contributed by atoms with Crippen molar-refractivity contribution in [2.24, 2.45) is 11.5 Å². The topological polar surface area (TPSA) is 52.0 Å². The second-order valence-corrected chi connectivity index (χ2v) is 3.92. The minimum Gasteiger partial charge on any atom is -0.330 e. The first-order valence-electron chi connectivity index (χ1n) is 5.37. The second kappa shape index (κ2) is 5.83. The van der Waals surface area contributed by atoms with Gasteiger partial charge in [0.1, 0.15) is 5.82 Å². The van der Waals surface area contributed by atoms with Gasteiger partial charge in [0.15, 0.2) is 0 Å². The van der Waals surface area contributed by atoms with Crippen molar-refractivity contribution < 1.29 is 4.39 Å². The molecule has 1 rings (SSSR count). The maximum atomic E-state index is 13.4. The van der Waals surface area contributed by atoms with Crippen molar-refractivity contribution in [3.63, 3.8) is 0 Å². The lowest BCUT2D eigenvalue weighted by molar-refractivity contribution is 0.542. The van der Waals surface area contributed by atoms with Crippen molar-refractivity contribution in [1.82, 2.24) is 0 Å². The van der Waals surface area contributed by atoms with E-state index < -0.39 is 0 Å². The Kier molecular flexibility index (Phi) is 4.72. The van der Waals surface area contributed by atoms with Crippen LogP contribution in [-0.4, -0.2) is 6.54 Å². The number of benzene rings is 1. The Labute approximate surface area is 90.5 Å². The SMILES string of the molecule is Cc1ccc(F)c([C@H](N)CCCCN)c1. The van der Waals surface area contributed by atoms with Crippen LogP contribution in [0.25, 0.3) is 0 Å². The summed E-state index contributed by atoms with van der Waals surface area (Å²) in [6, 6.07) is 4.85. The van der Waals surface area contributed by atoms with Crippen LogP contribution in [0.15, 0.2) is 18.2 Å². The van der Waals surface area contributed by atoms with Crippen LogP contribution in [-0.2, 0) is 0 Å². The quantitative estimate of drug-likeness (QED) is 0.732. The molecule has 84 valence electrons. The van der Waals surface area contributed by atoms with Crippen LogP contribution in [0, 0.1) is 12.7 Å². The van der Waals surface area contributed by atoms with E-state index in [1.165, 1.54) is 6.07 Å². The molecule has 0 aliphatic rings. The molecule has 0 aliphatic heterocycles. The summed E-state index contributed by atoms with van der Waals surface area (Å²) >= 11 is 0. The average molecular weight is 210 g/mol. The summed E-state index contributed by atoms with van der Waals surface area (Å²) in [6.45, 7) is 2.61. The van der Waals surface area contributed by atoms with E-state index in [9.17, 15) is 4.39 Å². The first-order chi connectivity index (χ1) is 7.15. The molecule has 0 saturated heterocycles. The van der Waals surface area contributed by atoms with Crippen molar-refractivity contribution in [2.45, 2.75) is 32.2 Å². The van der Waals surface area contributed by atoms with E-state index >= 15 is 0 Å². The van der Waals surface area contributed by atoms with Gasteiger partial charge >= 0.3 is 0 Å². The molecule has 2 nitrogen and oxygen atoms in total. The molecule has 0 spiro atoms. The highest BCUT2D eigenvalue weighted by atomic mass is 19.1. The molecule has 0 fully saturated rings. The molecule has 1 aromatic rings. The van der Waals surface area contributed by atoms with Crippen molar-refractivity contribution in [1.29, 1.82) is 0 Å². The smallest absolute Gasteiger partial charge is 0.127 e. The van der Waals surface area contributed by atoms with Crippen LogP contribution in [0.2, 0.25) is 0 Å². The van der Waals surface area contributed by atoms with Gasteiger partial charge in [0.25, 0.3) is 0 Å². The lowest BCUT2D eigenvalue weighted by atomic mass is 9.99. The fraction of sp³-hybridized carbons (Fsp3) is 0.500. The lowest BCUT2D eigenvalue weighted by Crippen LogP contribution is -2.13. The van der Waals surface area contributed by atoms with Gasteiger partial charge in [0, 0.05) is 11.6 Å². The molecule has 0 radical (unpaired) electrons. The number of hydrogen-bond donors (Lipinski definition) is 2. The molecule has 4 N–H and O–H groups in total. The third-order valence-electron chi connectivity index (χ3n) is 2.52. The Bertz CT molecular complexity index is 312. The Morgan fingerprint density at radius 1 is 1.33 bits per heavy atom. The number of nitrogens with two attached hydrogens (primary N) is 2. The molecule has 1 atom stereocenters. The summed E-state index contributed by atoms with van der Waals surface area (Å²) in [4.78, 5) is 0. The standard InChI is InChI=1S/C12H19FN2/c1-9-5-6-11(13)10(8-9)12(15)4-2-3-7-14/h5-6,8,12H,2-4,7,14-15H2,1H3/t12-/m1/s1. The van der Waals surface area contributed by atoms with E-state index in [4.69, 9.17) is 11.5 Å². The van der Waals surface area contributed by atoms with Gasteiger partial charge in [-0.1, -0.05) is 24.1 Å². The van der Waals surface area contributed by atoms with E-state index in [1.807, 2.05) is 13.0 Å². The van der Waals surface area contributed by atoms with Gasteiger partial charge in [0.05, 0.1) is 0 Å². The average Bonchev–Trinajstić information content (AvgIpc) is 2.22. The largest absolute Gasteiger partial charge is 0.330 e. The van der Waals surface area contributed by atoms with Crippen LogP contribution in [0.4, 0.5) is 4.39 Å². The van der Waals surface area contributed by atoms with Crippen LogP contribution < -0.4 is 11.5 Å². The molecule has 0 amide bonds. The molecule has 15 heavy (non-hydrogen) atoms. The van der Waals surface area contributed by atoms with Gasteiger partial charge in [-0.25, -0.2) is 4.39 Å². The van der Waals surface area contributed by atoms with Crippen molar-refractivity contribution in [2.75, 3.05) is 6.54 Å². The molecule has 3 heteroatoms. The molecule has 0 unspecified atom stereocenters. The Morgan fingerprint density at radius 2 is 2.07 bits per heavy atom. The van der Waals surface area contributed by atoms with Gasteiger partial charge in [-0.2, -0.15) is 0 Å². The summed E-state index contributed by atoms with van der Waals surface area (Å²) in [5, 5.41) is 0. The van der Waals surface area contributed by atoms with Crippen LogP contribution in [0.5, 0.6) is 0 Å².